The van der Waals surface area contributed by atoms with E-state index in [1.165, 1.54) is 82.0 Å². The van der Waals surface area contributed by atoms with Crippen LogP contribution in [0.5, 0.6) is 0 Å². The summed E-state index contributed by atoms with van der Waals surface area (Å²) in [6.45, 7) is 0. The maximum atomic E-state index is 2.56. The lowest BCUT2D eigenvalue weighted by Crippen LogP contribution is -2.77. The van der Waals surface area contributed by atoms with Gasteiger partial charge in [0.05, 0.1) is 0 Å². The van der Waals surface area contributed by atoms with Gasteiger partial charge in [-0.15, -0.1) is 0 Å². The Kier molecular flexibility index (Phi) is 6.97. The van der Waals surface area contributed by atoms with Gasteiger partial charge in [-0.25, -0.2) is 0 Å². The minimum Gasteiger partial charge on any atom is -0.311 e. The van der Waals surface area contributed by atoms with Gasteiger partial charge >= 0.3 is 0 Å². The lowest BCUT2D eigenvalue weighted by atomic mass is 9.91. The summed E-state index contributed by atoms with van der Waals surface area (Å²) in [6, 6.07) is 70.1. The summed E-state index contributed by atoms with van der Waals surface area (Å²) >= 11 is 0. The molecule has 0 fully saturated rings. The van der Waals surface area contributed by atoms with Crippen molar-refractivity contribution >= 4 is 62.7 Å². The molecule has 8 aromatic carbocycles. The molecule has 2 aliphatic rings. The molecule has 240 valence electrons. The largest absolute Gasteiger partial charge is 0.311 e. The second-order valence-electron chi connectivity index (χ2n) is 13.6. The van der Waals surface area contributed by atoms with Crippen molar-refractivity contribution in [2.24, 2.45) is 0 Å². The van der Waals surface area contributed by atoms with Crippen molar-refractivity contribution in [1.82, 2.24) is 0 Å². The Balaban J connectivity index is 1.36. The van der Waals surface area contributed by atoms with E-state index in [-0.39, 0.29) is 0 Å². The molecule has 0 N–H and O–H groups in total. The van der Waals surface area contributed by atoms with Crippen LogP contribution in [0.25, 0.3) is 39.1 Å². The normalized spacial score (nSPS) is 13.8. The van der Waals surface area contributed by atoms with Gasteiger partial charge in [0.2, 0.25) is 0 Å². The minimum absolute atomic E-state index is 0.902. The van der Waals surface area contributed by atoms with E-state index in [2.05, 4.69) is 205 Å². The number of allylic oxidation sites excluding steroid dienone is 1. The van der Waals surface area contributed by atoms with Crippen molar-refractivity contribution in [3.63, 3.8) is 0 Å². The van der Waals surface area contributed by atoms with E-state index >= 15 is 0 Å². The number of rotatable bonds is 5. The van der Waals surface area contributed by atoms with Gasteiger partial charge in [-0.3, -0.25) is 0 Å². The molecule has 1 aliphatic heterocycles. The number of hydrogen-bond acceptors (Lipinski definition) is 1. The maximum Gasteiger partial charge on any atom is 0.184 e. The summed E-state index contributed by atoms with van der Waals surface area (Å²) in [4.78, 5) is 2.56. The first-order valence-electron chi connectivity index (χ1n) is 17.8. The summed E-state index contributed by atoms with van der Waals surface area (Å²) in [5, 5.41) is 8.42. The van der Waals surface area contributed by atoms with Gasteiger partial charge in [-0.1, -0.05) is 176 Å². The van der Waals surface area contributed by atoms with E-state index in [4.69, 9.17) is 0 Å². The van der Waals surface area contributed by atoms with Crippen LogP contribution in [-0.4, -0.2) is 8.07 Å². The Morgan fingerprint density at radius 3 is 1.67 bits per heavy atom. The van der Waals surface area contributed by atoms with Gasteiger partial charge in [0.25, 0.3) is 0 Å². The SMILES string of the molecule is C1=Cc2cccc3cc4c(c(c23)C1)[Si](c1ccccc1)(c1ccccc1)c1cc(-c2ccccc2)ccc1N4c1ccc(-c2ccccc2)cc1. The number of anilines is 3. The van der Waals surface area contributed by atoms with Crippen molar-refractivity contribution in [2.75, 3.05) is 4.90 Å². The highest BCUT2D eigenvalue weighted by molar-refractivity contribution is 7.21. The number of nitrogens with zero attached hydrogens (tertiary/aromatic N) is 1. The van der Waals surface area contributed by atoms with E-state index in [0.717, 1.165) is 6.42 Å². The summed E-state index contributed by atoms with van der Waals surface area (Å²) in [5.41, 5.74) is 11.4. The number of hydrogen-bond donors (Lipinski definition) is 0. The highest BCUT2D eigenvalue weighted by Crippen LogP contribution is 2.44. The van der Waals surface area contributed by atoms with Crippen LogP contribution >= 0.6 is 0 Å². The fraction of sp³-hybridized carbons (Fsp3) is 0.0204. The Morgan fingerprint density at radius 2 is 1.02 bits per heavy atom. The molecule has 1 nitrogen and oxygen atoms in total. The van der Waals surface area contributed by atoms with Crippen LogP contribution in [-0.2, 0) is 6.42 Å². The molecule has 0 atom stereocenters. The third-order valence-electron chi connectivity index (χ3n) is 10.9. The molecule has 0 radical (unpaired) electrons. The topological polar surface area (TPSA) is 3.24 Å². The third kappa shape index (κ3) is 4.61. The summed E-state index contributed by atoms with van der Waals surface area (Å²) < 4.78 is 0. The van der Waals surface area contributed by atoms with Crippen LogP contribution in [0.1, 0.15) is 11.1 Å². The molecule has 1 heterocycles. The number of benzene rings is 8. The third-order valence-corrected chi connectivity index (χ3v) is 15.8. The molecule has 0 saturated carbocycles. The van der Waals surface area contributed by atoms with Crippen LogP contribution in [0.15, 0.2) is 194 Å². The lowest BCUT2D eigenvalue weighted by Gasteiger charge is -2.47. The molecular weight excluding hydrogens is 631 g/mol. The average Bonchev–Trinajstić information content (AvgIpc) is 3.21. The quantitative estimate of drug-likeness (QED) is 0.166. The second-order valence-corrected chi connectivity index (χ2v) is 17.3. The smallest absolute Gasteiger partial charge is 0.184 e. The molecule has 0 unspecified atom stereocenters. The molecule has 0 amide bonds. The molecule has 0 bridgehead atoms. The summed E-state index contributed by atoms with van der Waals surface area (Å²) in [6.07, 6.45) is 5.60. The number of fused-ring (bicyclic) bond motifs is 3. The van der Waals surface area contributed by atoms with Crippen LogP contribution in [0.2, 0.25) is 0 Å². The van der Waals surface area contributed by atoms with Gasteiger partial charge in [0.15, 0.2) is 8.07 Å². The van der Waals surface area contributed by atoms with E-state index in [0.29, 0.717) is 0 Å². The van der Waals surface area contributed by atoms with Crippen molar-refractivity contribution in [1.29, 1.82) is 0 Å². The summed E-state index contributed by atoms with van der Waals surface area (Å²) in [5.74, 6) is 0. The Bertz CT molecular complexity index is 2540. The zero-order chi connectivity index (χ0) is 33.8. The van der Waals surface area contributed by atoms with Crippen molar-refractivity contribution < 1.29 is 0 Å². The molecule has 0 saturated heterocycles. The van der Waals surface area contributed by atoms with E-state index < -0.39 is 8.07 Å². The molecule has 1 aliphatic carbocycles. The Morgan fingerprint density at radius 1 is 0.451 bits per heavy atom. The average molecular weight is 666 g/mol. The Hall–Kier alpha value is -6.22. The highest BCUT2D eigenvalue weighted by Gasteiger charge is 2.50. The molecule has 10 rings (SSSR count). The van der Waals surface area contributed by atoms with Gasteiger partial charge < -0.3 is 4.90 Å². The zero-order valence-electron chi connectivity index (χ0n) is 28.2. The van der Waals surface area contributed by atoms with Crippen molar-refractivity contribution in [3.8, 4) is 22.3 Å². The second kappa shape index (κ2) is 12.0. The van der Waals surface area contributed by atoms with E-state index in [9.17, 15) is 0 Å². The first kappa shape index (κ1) is 29.7. The molecule has 0 spiro atoms. The minimum atomic E-state index is -2.93. The molecule has 8 aromatic rings. The molecule has 2 heteroatoms. The zero-order valence-corrected chi connectivity index (χ0v) is 29.2. The van der Waals surface area contributed by atoms with Crippen LogP contribution in [0.3, 0.4) is 0 Å². The van der Waals surface area contributed by atoms with Gasteiger partial charge in [-0.05, 0) is 95.6 Å². The van der Waals surface area contributed by atoms with Crippen LogP contribution in [0, 0.1) is 0 Å². The van der Waals surface area contributed by atoms with Crippen LogP contribution in [0.4, 0.5) is 17.1 Å². The van der Waals surface area contributed by atoms with Crippen LogP contribution < -0.4 is 25.6 Å². The van der Waals surface area contributed by atoms with Crippen molar-refractivity contribution in [2.45, 2.75) is 6.42 Å². The molecular formula is C49H35NSi. The highest BCUT2D eigenvalue weighted by atomic mass is 28.3. The Labute approximate surface area is 300 Å². The maximum absolute atomic E-state index is 2.93. The first-order chi connectivity index (χ1) is 25.3. The van der Waals surface area contributed by atoms with Crippen molar-refractivity contribution in [3.05, 3.63) is 205 Å². The fourth-order valence-corrected chi connectivity index (χ4v) is 14.1. The standard InChI is InChI=1S/C49H35NSi/c1-5-15-35(16-6-1)37-27-30-41(31-28-37)50-45-32-29-39(36-17-7-2-8-18-36)34-47(45)51(42-22-9-3-10-23-42,43-24-11-4-12-25-43)49-44-26-14-20-38-19-13-21-40(48(38)44)33-46(49)50/h1-25,27-34H,26H2. The fourth-order valence-electron chi connectivity index (χ4n) is 8.76. The summed E-state index contributed by atoms with van der Waals surface area (Å²) in [7, 11) is -2.93. The van der Waals surface area contributed by atoms with Gasteiger partial charge in [0.1, 0.15) is 0 Å². The predicted molar refractivity (Wildman–Crippen MR) is 219 cm³/mol. The molecule has 0 aromatic heterocycles. The first-order valence-corrected chi connectivity index (χ1v) is 19.8. The van der Waals surface area contributed by atoms with Gasteiger partial charge in [-0.2, -0.15) is 0 Å². The lowest BCUT2D eigenvalue weighted by molar-refractivity contribution is 1.25. The predicted octanol–water partition coefficient (Wildman–Crippen LogP) is 9.90. The monoisotopic (exact) mass is 665 g/mol. The van der Waals surface area contributed by atoms with E-state index in [1.807, 2.05) is 0 Å². The molecule has 51 heavy (non-hydrogen) atoms. The van der Waals surface area contributed by atoms with E-state index in [1.54, 1.807) is 0 Å². The van der Waals surface area contributed by atoms with Gasteiger partial charge in [0, 0.05) is 17.1 Å².